The predicted molar refractivity (Wildman–Crippen MR) is 80.9 cm³/mol. The van der Waals surface area contributed by atoms with E-state index in [4.69, 9.17) is 19.8 Å². The van der Waals surface area contributed by atoms with Crippen LogP contribution in [0.2, 0.25) is 0 Å². The second-order valence-electron chi connectivity index (χ2n) is 3.68. The van der Waals surface area contributed by atoms with E-state index in [1.165, 1.54) is 0 Å². The van der Waals surface area contributed by atoms with E-state index in [0.29, 0.717) is 0 Å². The molecule has 0 aliphatic heterocycles. The number of carboxylic acid groups (broad SMARTS) is 3. The van der Waals surface area contributed by atoms with Crippen LogP contribution in [0.3, 0.4) is 0 Å². The molecule has 5 radical (unpaired) electrons. The zero-order chi connectivity index (χ0) is 17.4. The van der Waals surface area contributed by atoms with Gasteiger partial charge in [-0.1, -0.05) is 29.8 Å². The molecule has 8 heteroatoms. The van der Waals surface area contributed by atoms with Crippen molar-refractivity contribution in [3.63, 3.8) is 0 Å². The number of hydrogen-bond donors (Lipinski definition) is 0. The van der Waals surface area contributed by atoms with E-state index >= 15 is 0 Å². The van der Waals surface area contributed by atoms with Crippen LogP contribution in [0.5, 0.6) is 0 Å². The Kier molecular flexibility index (Phi) is 26.6. The van der Waals surface area contributed by atoms with E-state index in [9.17, 15) is 9.90 Å². The van der Waals surface area contributed by atoms with Gasteiger partial charge in [0.05, 0.1) is 0 Å². The molecule has 0 fully saturated rings. The SMILES string of the molecule is BrC1=CC=C=C[CH]1.CC(=O)[O-].CC(=O)[O-].CC(C)C(=O)[O-].[Pb]. The van der Waals surface area contributed by atoms with E-state index in [-0.39, 0.29) is 33.2 Å². The molecule has 0 amide bonds. The first kappa shape index (κ1) is 29.1. The van der Waals surface area contributed by atoms with Crippen molar-refractivity contribution >= 4 is 61.1 Å². The summed E-state index contributed by atoms with van der Waals surface area (Å²) in [6.45, 7) is 5.10. The molecule has 1 aliphatic carbocycles. The van der Waals surface area contributed by atoms with Crippen LogP contribution < -0.4 is 15.3 Å². The largest absolute Gasteiger partial charge is 0.550 e. The smallest absolute Gasteiger partial charge is 0.0439 e. The summed E-state index contributed by atoms with van der Waals surface area (Å²) in [6.07, 6.45) is 7.62. The van der Waals surface area contributed by atoms with Gasteiger partial charge in [0.25, 0.3) is 0 Å². The van der Waals surface area contributed by atoms with Gasteiger partial charge in [-0.25, -0.2) is 0 Å². The molecule has 1 aliphatic rings. The molecule has 0 aromatic rings. The van der Waals surface area contributed by atoms with Crippen molar-refractivity contribution in [3.8, 4) is 0 Å². The Labute approximate surface area is 158 Å². The van der Waals surface area contributed by atoms with Gasteiger partial charge < -0.3 is 29.7 Å². The standard InChI is InChI=1S/C6H4Br.C4H8O2.2C2H4O2.Pb/c7-6-4-2-1-3-5-6;1-3(2)4(5)6;2*1-2(3)4;/h2-5H;3H,1-2H3,(H,5,6);2*1H3,(H,3,4);/p-3. The molecular formula is C14H17BrO6Pb-3. The summed E-state index contributed by atoms with van der Waals surface area (Å²) in [5.41, 5.74) is 2.90. The minimum absolute atomic E-state index is 0. The monoisotopic (exact) mass is 568 g/mol. The Morgan fingerprint density at radius 2 is 1.36 bits per heavy atom. The van der Waals surface area contributed by atoms with Gasteiger partial charge in [0.2, 0.25) is 0 Å². The maximum Gasteiger partial charge on any atom is 0.0439 e. The second kappa shape index (κ2) is 20.1. The first-order valence-corrected chi connectivity index (χ1v) is 6.47. The fourth-order valence-electron chi connectivity index (χ4n) is 0.367. The van der Waals surface area contributed by atoms with Crippen molar-refractivity contribution in [3.05, 3.63) is 34.9 Å². The fourth-order valence-corrected chi connectivity index (χ4v) is 0.631. The van der Waals surface area contributed by atoms with Crippen molar-refractivity contribution in [2.75, 3.05) is 0 Å². The van der Waals surface area contributed by atoms with Gasteiger partial charge in [0, 0.05) is 56.1 Å². The normalized spacial score (nSPS) is 10.2. The van der Waals surface area contributed by atoms with Crippen LogP contribution in [-0.4, -0.2) is 45.2 Å². The molecule has 1 rings (SSSR count). The number of hydrogen-bond acceptors (Lipinski definition) is 6. The van der Waals surface area contributed by atoms with E-state index < -0.39 is 17.9 Å². The molecule has 123 valence electrons. The summed E-state index contributed by atoms with van der Waals surface area (Å²) in [5.74, 6) is -3.50. The van der Waals surface area contributed by atoms with Gasteiger partial charge in [0.15, 0.2) is 0 Å². The van der Waals surface area contributed by atoms with Crippen molar-refractivity contribution in [1.29, 1.82) is 0 Å². The minimum atomic E-state index is -1.08. The minimum Gasteiger partial charge on any atom is -0.550 e. The third-order valence-corrected chi connectivity index (χ3v) is 1.68. The molecule has 0 saturated carbocycles. The van der Waals surface area contributed by atoms with Crippen LogP contribution in [-0.2, 0) is 14.4 Å². The Hall–Kier alpha value is -0.928. The van der Waals surface area contributed by atoms with Crippen LogP contribution in [0.15, 0.2) is 28.4 Å². The number of carbonyl (C=O) groups is 3. The van der Waals surface area contributed by atoms with E-state index in [0.717, 1.165) is 18.3 Å². The Bertz CT molecular complexity index is 403. The van der Waals surface area contributed by atoms with Gasteiger partial charge >= 0.3 is 0 Å². The van der Waals surface area contributed by atoms with Gasteiger partial charge in [-0.2, -0.15) is 0 Å². The summed E-state index contributed by atoms with van der Waals surface area (Å²) in [7, 11) is 0. The van der Waals surface area contributed by atoms with Crippen LogP contribution >= 0.6 is 15.9 Å². The predicted octanol–water partition coefficient (Wildman–Crippen LogP) is -1.28. The third kappa shape index (κ3) is 50.8. The molecular weight excluding hydrogens is 551 g/mol. The first-order valence-electron chi connectivity index (χ1n) is 5.68. The number of carbonyl (C=O) groups excluding carboxylic acids is 3. The van der Waals surface area contributed by atoms with Gasteiger partial charge in [-0.05, 0) is 38.0 Å². The van der Waals surface area contributed by atoms with Gasteiger partial charge in [-0.3, -0.25) is 0 Å². The van der Waals surface area contributed by atoms with Crippen LogP contribution in [0.4, 0.5) is 0 Å². The first-order chi connectivity index (χ1) is 9.50. The molecule has 0 aromatic heterocycles. The molecule has 0 heterocycles. The summed E-state index contributed by atoms with van der Waals surface area (Å²) in [4.78, 5) is 27.4. The molecule has 0 N–H and O–H groups in total. The quantitative estimate of drug-likeness (QED) is 0.287. The Morgan fingerprint density at radius 3 is 1.45 bits per heavy atom. The Morgan fingerprint density at radius 1 is 1.05 bits per heavy atom. The Balaban J connectivity index is -0.000000100. The fraction of sp³-hybridized carbons (Fsp3) is 0.357. The topological polar surface area (TPSA) is 120 Å². The van der Waals surface area contributed by atoms with Gasteiger partial charge in [0.1, 0.15) is 0 Å². The molecule has 0 bridgehead atoms. The molecule has 0 spiro atoms. The van der Waals surface area contributed by atoms with E-state index in [1.807, 2.05) is 24.6 Å². The number of carboxylic acids is 3. The number of halogens is 1. The number of aliphatic carboxylic acids is 3. The van der Waals surface area contributed by atoms with Crippen molar-refractivity contribution in [2.24, 2.45) is 5.92 Å². The molecule has 0 saturated heterocycles. The molecule has 0 unspecified atom stereocenters. The van der Waals surface area contributed by atoms with Crippen molar-refractivity contribution in [2.45, 2.75) is 27.7 Å². The molecule has 0 aromatic carbocycles. The summed E-state index contributed by atoms with van der Waals surface area (Å²) in [6, 6.07) is 0. The zero-order valence-electron chi connectivity index (χ0n) is 12.7. The number of allylic oxidation sites excluding steroid dienone is 3. The second-order valence-corrected chi connectivity index (χ2v) is 4.59. The van der Waals surface area contributed by atoms with Gasteiger partial charge in [-0.15, -0.1) is 5.73 Å². The average molecular weight is 568 g/mol. The molecule has 6 nitrogen and oxygen atoms in total. The molecule has 22 heavy (non-hydrogen) atoms. The van der Waals surface area contributed by atoms with Crippen molar-refractivity contribution < 1.29 is 29.7 Å². The molecule has 0 atom stereocenters. The maximum absolute atomic E-state index is 9.59. The summed E-state index contributed by atoms with van der Waals surface area (Å²) in [5, 5.41) is 27.4. The van der Waals surface area contributed by atoms with Crippen LogP contribution in [0, 0.1) is 12.3 Å². The maximum atomic E-state index is 9.59. The zero-order valence-corrected chi connectivity index (χ0v) is 18.2. The summed E-state index contributed by atoms with van der Waals surface area (Å²) < 4.78 is 1.10. The van der Waals surface area contributed by atoms with E-state index in [2.05, 4.69) is 21.7 Å². The third-order valence-electron chi connectivity index (χ3n) is 1.15. The van der Waals surface area contributed by atoms with E-state index in [1.54, 1.807) is 13.8 Å². The number of rotatable bonds is 1. The van der Waals surface area contributed by atoms with Crippen LogP contribution in [0.25, 0.3) is 0 Å². The van der Waals surface area contributed by atoms with Crippen LogP contribution in [0.1, 0.15) is 27.7 Å². The average Bonchev–Trinajstić information content (AvgIpc) is 2.29. The summed E-state index contributed by atoms with van der Waals surface area (Å²) >= 11 is 3.29. The van der Waals surface area contributed by atoms with Crippen molar-refractivity contribution in [1.82, 2.24) is 0 Å².